The summed E-state index contributed by atoms with van der Waals surface area (Å²) in [4.78, 5) is 16.4. The summed E-state index contributed by atoms with van der Waals surface area (Å²) in [6, 6.07) is 10.5. The van der Waals surface area contributed by atoms with Gasteiger partial charge in [-0.1, -0.05) is 31.5 Å². The second kappa shape index (κ2) is 10.2. The van der Waals surface area contributed by atoms with Crippen molar-refractivity contribution >= 4 is 25.1 Å². The minimum atomic E-state index is -4.32. The number of para-hydroxylation sites is 1. The number of benzene rings is 1. The van der Waals surface area contributed by atoms with Crippen LogP contribution in [0, 0.1) is 0 Å². The van der Waals surface area contributed by atoms with Gasteiger partial charge >= 0.3 is 13.7 Å². The zero-order chi connectivity index (χ0) is 28.0. The fourth-order valence-corrected chi connectivity index (χ4v) is 6.66. The van der Waals surface area contributed by atoms with Crippen LogP contribution in [-0.2, 0) is 23.4 Å². The minimum absolute atomic E-state index is 0.208. The molecule has 2 aromatic heterocycles. The summed E-state index contributed by atoms with van der Waals surface area (Å²) < 4.78 is 38.3. The molecule has 2 aliphatic rings. The first kappa shape index (κ1) is 27.5. The molecular formula is C25H32N5O8P. The van der Waals surface area contributed by atoms with Gasteiger partial charge in [0, 0.05) is 0 Å². The van der Waals surface area contributed by atoms with Crippen molar-refractivity contribution in [2.24, 2.45) is 0 Å². The van der Waals surface area contributed by atoms with Gasteiger partial charge in [0.1, 0.15) is 47.5 Å². The highest BCUT2D eigenvalue weighted by atomic mass is 31.2. The molecule has 0 radical (unpaired) electrons. The van der Waals surface area contributed by atoms with Crippen LogP contribution in [0.25, 0.3) is 5.52 Å². The monoisotopic (exact) mass is 561 g/mol. The van der Waals surface area contributed by atoms with Gasteiger partial charge in [-0.15, -0.1) is 0 Å². The Morgan fingerprint density at radius 3 is 2.72 bits per heavy atom. The second-order valence-corrected chi connectivity index (χ2v) is 11.5. The summed E-state index contributed by atoms with van der Waals surface area (Å²) >= 11 is 0. The smallest absolute Gasteiger partial charge is 0.459 e. The molecule has 3 heterocycles. The van der Waals surface area contributed by atoms with E-state index in [1.165, 1.54) is 24.7 Å². The molecule has 1 aliphatic carbocycles. The Hall–Kier alpha value is -3.06. The number of carbonyl (C=O) groups excluding carboxylic acids is 1. The van der Waals surface area contributed by atoms with Crippen LogP contribution in [0.3, 0.4) is 0 Å². The van der Waals surface area contributed by atoms with Crippen LogP contribution >= 0.6 is 7.75 Å². The average molecular weight is 562 g/mol. The van der Waals surface area contributed by atoms with Crippen molar-refractivity contribution in [2.45, 2.75) is 69.2 Å². The first-order chi connectivity index (χ1) is 18.5. The molecule has 13 nitrogen and oxygen atoms in total. The van der Waals surface area contributed by atoms with Crippen molar-refractivity contribution in [2.75, 3.05) is 12.3 Å². The number of nitrogens with one attached hydrogen (secondary N) is 1. The molecule has 1 aromatic carbocycles. The lowest BCUT2D eigenvalue weighted by Gasteiger charge is -2.27. The quantitative estimate of drug-likeness (QED) is 0.152. The van der Waals surface area contributed by atoms with Crippen LogP contribution in [0.5, 0.6) is 5.75 Å². The van der Waals surface area contributed by atoms with Crippen LogP contribution in [-0.4, -0.2) is 66.8 Å². The highest BCUT2D eigenvalue weighted by Crippen LogP contribution is 2.68. The Morgan fingerprint density at radius 2 is 2.05 bits per heavy atom. The molecule has 0 amide bonds. The first-order valence-electron chi connectivity index (χ1n) is 12.7. The van der Waals surface area contributed by atoms with Crippen molar-refractivity contribution in [1.82, 2.24) is 19.7 Å². The van der Waals surface area contributed by atoms with E-state index in [0.29, 0.717) is 17.6 Å². The zero-order valence-corrected chi connectivity index (χ0v) is 22.7. The standard InChI is InChI=1S/C25H32N5O8P/c1-4-5-13-35-22(32)15(2)29-39(34,37-16-9-7-6-8-10-16)38-23-24(3)25(23,33)20(31)19(36-24)17-11-12-18-21(26)27-14-28-30(17)18/h6-12,14-15,19-20,23,31,33H,4-5,13H2,1-3H3,(H,29,34)(H2,26,27,28)/t15-,19-,20-,23?,24+,25+,39?/m0/s1. The maximum absolute atomic E-state index is 14.0. The van der Waals surface area contributed by atoms with Crippen LogP contribution < -0.4 is 15.3 Å². The van der Waals surface area contributed by atoms with E-state index in [0.717, 1.165) is 6.42 Å². The molecule has 0 bridgehead atoms. The minimum Gasteiger partial charge on any atom is -0.465 e. The third kappa shape index (κ3) is 4.69. The molecular weight excluding hydrogens is 529 g/mol. The molecule has 39 heavy (non-hydrogen) atoms. The molecule has 1 saturated heterocycles. The summed E-state index contributed by atoms with van der Waals surface area (Å²) in [5, 5.41) is 29.5. The number of nitrogens with zero attached hydrogens (tertiary/aromatic N) is 3. The van der Waals surface area contributed by atoms with E-state index in [4.69, 9.17) is 24.3 Å². The molecule has 210 valence electrons. The summed E-state index contributed by atoms with van der Waals surface area (Å²) in [5.74, 6) is -0.186. The van der Waals surface area contributed by atoms with Crippen molar-refractivity contribution in [3.05, 3.63) is 54.5 Å². The lowest BCUT2D eigenvalue weighted by molar-refractivity contribution is -0.145. The zero-order valence-electron chi connectivity index (χ0n) is 21.8. The molecule has 3 aromatic rings. The van der Waals surface area contributed by atoms with Gasteiger partial charge < -0.3 is 29.9 Å². The van der Waals surface area contributed by atoms with Crippen LogP contribution in [0.4, 0.5) is 5.82 Å². The Morgan fingerprint density at radius 1 is 1.31 bits per heavy atom. The maximum Gasteiger partial charge on any atom is 0.459 e. The topological polar surface area (TPSA) is 180 Å². The molecule has 0 spiro atoms. The number of fused-ring (bicyclic) bond motifs is 2. The predicted molar refractivity (Wildman–Crippen MR) is 139 cm³/mol. The SMILES string of the molecule is CCCCOC(=O)[C@H](C)NP(=O)(Oc1ccccc1)OC1[C@@]2(C)O[C@@H](c3ccc4c(N)ncnn34)[C@H](O)[C@@]12O. The molecule has 14 heteroatoms. The second-order valence-electron chi connectivity index (χ2n) is 9.88. The van der Waals surface area contributed by atoms with Crippen molar-refractivity contribution in [1.29, 1.82) is 0 Å². The number of ether oxygens (including phenoxy) is 2. The number of esters is 1. The van der Waals surface area contributed by atoms with Gasteiger partial charge in [-0.05, 0) is 44.5 Å². The van der Waals surface area contributed by atoms with Gasteiger partial charge in [-0.25, -0.2) is 14.1 Å². The van der Waals surface area contributed by atoms with E-state index in [9.17, 15) is 19.6 Å². The molecule has 1 saturated carbocycles. The van der Waals surface area contributed by atoms with E-state index in [1.807, 2.05) is 6.92 Å². The number of anilines is 1. The van der Waals surface area contributed by atoms with Crippen LogP contribution in [0.15, 0.2) is 48.8 Å². The van der Waals surface area contributed by atoms with Gasteiger partial charge in [0.15, 0.2) is 11.4 Å². The number of aromatic nitrogens is 3. The number of nitrogen functional groups attached to an aromatic ring is 1. The normalized spacial score (nSPS) is 29.9. The number of unbranched alkanes of at least 4 members (excludes halogenated alkanes) is 1. The number of aliphatic hydroxyl groups is 2. The molecule has 2 fully saturated rings. The Labute approximate surface area is 224 Å². The van der Waals surface area contributed by atoms with Gasteiger partial charge in [-0.2, -0.15) is 10.2 Å². The summed E-state index contributed by atoms with van der Waals surface area (Å²) in [7, 11) is -4.32. The molecule has 7 atom stereocenters. The Bertz CT molecular complexity index is 1410. The Balaban J connectivity index is 1.37. The van der Waals surface area contributed by atoms with E-state index in [1.54, 1.807) is 42.5 Å². The highest BCUT2D eigenvalue weighted by Gasteiger charge is 2.87. The van der Waals surface area contributed by atoms with Crippen molar-refractivity contribution in [3.8, 4) is 5.75 Å². The summed E-state index contributed by atoms with van der Waals surface area (Å²) in [5.41, 5.74) is 3.47. The average Bonchev–Trinajstić information content (AvgIpc) is 3.19. The highest BCUT2D eigenvalue weighted by molar-refractivity contribution is 7.52. The summed E-state index contributed by atoms with van der Waals surface area (Å²) in [6.07, 6.45) is -0.933. The molecule has 2 unspecified atom stereocenters. The molecule has 5 rings (SSSR count). The first-order valence-corrected chi connectivity index (χ1v) is 14.2. The molecule has 5 N–H and O–H groups in total. The van der Waals surface area contributed by atoms with Crippen LogP contribution in [0.1, 0.15) is 45.4 Å². The number of hydrogen-bond acceptors (Lipinski definition) is 11. The van der Waals surface area contributed by atoms with Gasteiger partial charge in [0.05, 0.1) is 12.3 Å². The van der Waals surface area contributed by atoms with Crippen LogP contribution in [0.2, 0.25) is 0 Å². The fourth-order valence-electron chi connectivity index (χ4n) is 4.89. The lowest BCUT2D eigenvalue weighted by atomic mass is 10.0. The number of hydrogen-bond donors (Lipinski definition) is 4. The fraction of sp³-hybridized carbons (Fsp3) is 0.480. The van der Waals surface area contributed by atoms with Gasteiger partial charge in [-0.3, -0.25) is 9.32 Å². The van der Waals surface area contributed by atoms with Gasteiger partial charge in [0.25, 0.3) is 0 Å². The largest absolute Gasteiger partial charge is 0.465 e. The Kier molecular flexibility index (Phi) is 7.17. The molecule has 1 aliphatic heterocycles. The van der Waals surface area contributed by atoms with E-state index in [2.05, 4.69) is 15.2 Å². The predicted octanol–water partition coefficient (Wildman–Crippen LogP) is 2.14. The number of nitrogens with two attached hydrogens (primary N) is 1. The summed E-state index contributed by atoms with van der Waals surface area (Å²) in [6.45, 7) is 5.19. The third-order valence-electron chi connectivity index (χ3n) is 7.18. The van der Waals surface area contributed by atoms with Crippen molar-refractivity contribution < 1.29 is 38.1 Å². The number of aliphatic hydroxyl groups excluding tert-OH is 1. The van der Waals surface area contributed by atoms with E-state index < -0.39 is 49.3 Å². The lowest BCUT2D eigenvalue weighted by Crippen LogP contribution is -2.38. The van der Waals surface area contributed by atoms with Gasteiger partial charge in [0.2, 0.25) is 0 Å². The van der Waals surface area contributed by atoms with E-state index >= 15 is 0 Å². The third-order valence-corrected chi connectivity index (χ3v) is 8.83. The number of carbonyl (C=O) groups is 1. The maximum atomic E-state index is 14.0. The number of rotatable bonds is 11. The van der Waals surface area contributed by atoms with Crippen molar-refractivity contribution in [3.63, 3.8) is 0 Å². The van der Waals surface area contributed by atoms with E-state index in [-0.39, 0.29) is 18.2 Å².